The zero-order valence-corrected chi connectivity index (χ0v) is 9.24. The van der Waals surface area contributed by atoms with Crippen LogP contribution in [-0.4, -0.2) is 57.4 Å². The third kappa shape index (κ3) is 6.57. The molecular weight excluding hydrogens is 278 g/mol. The van der Waals surface area contributed by atoms with Gasteiger partial charge in [0.1, 0.15) is 0 Å². The van der Waals surface area contributed by atoms with Crippen molar-refractivity contribution in [3.8, 4) is 0 Å². The number of halogens is 1. The number of ether oxygens (including phenoxy) is 1. The summed E-state index contributed by atoms with van der Waals surface area (Å²) in [4.78, 5) is 13.2. The van der Waals surface area contributed by atoms with E-state index in [0.717, 1.165) is 0 Å². The average Bonchev–Trinajstić information content (AvgIpc) is 2.21. The Kier molecular flexibility index (Phi) is 7.52. The summed E-state index contributed by atoms with van der Waals surface area (Å²) in [5, 5.41) is 35.2. The van der Waals surface area contributed by atoms with Gasteiger partial charge in [0.05, 0.1) is 24.6 Å². The van der Waals surface area contributed by atoms with Crippen molar-refractivity contribution in [1.29, 1.82) is 0 Å². The summed E-state index contributed by atoms with van der Waals surface area (Å²) < 4.78 is 4.71. The fraction of sp³-hybridized carbons (Fsp3) is 1.00. The Morgan fingerprint density at radius 2 is 2.00 bits per heavy atom. The molecule has 0 radical (unpaired) electrons. The molecule has 3 N–H and O–H groups in total. The molecule has 0 aliphatic rings. The third-order valence-corrected chi connectivity index (χ3v) is 2.12. The highest BCUT2D eigenvalue weighted by molar-refractivity contribution is 9.09. The molecule has 0 aliphatic heterocycles. The molecule has 90 valence electrons. The molecule has 9 heteroatoms. The Morgan fingerprint density at radius 1 is 1.40 bits per heavy atom. The van der Waals surface area contributed by atoms with Gasteiger partial charge in [-0.3, -0.25) is 0 Å². The van der Waals surface area contributed by atoms with Crippen molar-refractivity contribution < 1.29 is 30.0 Å². The molecule has 0 bridgehead atoms. The minimum Gasteiger partial charge on any atom is -0.395 e. The number of rotatable bonds is 8. The fourth-order valence-electron chi connectivity index (χ4n) is 0.639. The zero-order chi connectivity index (χ0) is 11.8. The van der Waals surface area contributed by atoms with Gasteiger partial charge in [0.15, 0.2) is 12.4 Å². The standard InChI is InChI=1S/C6H12BrNO7/c7-5(2-10)6(11)14-3-4(1-9)15-8(12)13/h4-6,9-11H,1-3H2. The van der Waals surface area contributed by atoms with E-state index in [1.54, 1.807) is 0 Å². The van der Waals surface area contributed by atoms with Crippen LogP contribution in [0.3, 0.4) is 0 Å². The van der Waals surface area contributed by atoms with E-state index in [-0.39, 0.29) is 13.2 Å². The van der Waals surface area contributed by atoms with Crippen LogP contribution in [0.1, 0.15) is 0 Å². The predicted molar refractivity (Wildman–Crippen MR) is 50.7 cm³/mol. The molecule has 0 rings (SSSR count). The van der Waals surface area contributed by atoms with Gasteiger partial charge in [-0.2, -0.15) is 0 Å². The molecule has 0 saturated heterocycles. The van der Waals surface area contributed by atoms with Crippen molar-refractivity contribution in [2.24, 2.45) is 0 Å². The van der Waals surface area contributed by atoms with Crippen LogP contribution in [0, 0.1) is 10.1 Å². The molecule has 0 aliphatic carbocycles. The van der Waals surface area contributed by atoms with Gasteiger partial charge in [0.25, 0.3) is 5.09 Å². The largest absolute Gasteiger partial charge is 0.395 e. The van der Waals surface area contributed by atoms with Crippen molar-refractivity contribution in [2.75, 3.05) is 19.8 Å². The minimum atomic E-state index is -1.33. The smallest absolute Gasteiger partial charge is 0.294 e. The minimum absolute atomic E-state index is 0.360. The average molecular weight is 290 g/mol. The summed E-state index contributed by atoms with van der Waals surface area (Å²) in [6.45, 7) is -1.33. The first kappa shape index (κ1) is 14.5. The van der Waals surface area contributed by atoms with Gasteiger partial charge >= 0.3 is 0 Å². The Morgan fingerprint density at radius 3 is 2.40 bits per heavy atom. The van der Waals surface area contributed by atoms with Crippen LogP contribution in [0.2, 0.25) is 0 Å². The molecule has 0 aromatic rings. The highest BCUT2D eigenvalue weighted by Crippen LogP contribution is 2.07. The second-order valence-corrected chi connectivity index (χ2v) is 3.73. The van der Waals surface area contributed by atoms with E-state index in [1.807, 2.05) is 0 Å². The van der Waals surface area contributed by atoms with E-state index in [4.69, 9.17) is 20.1 Å². The Hall–Kier alpha value is -0.480. The van der Waals surface area contributed by atoms with E-state index < -0.39 is 28.9 Å². The molecule has 0 aromatic heterocycles. The summed E-state index contributed by atoms with van der Waals surface area (Å²) >= 11 is 2.90. The topological polar surface area (TPSA) is 122 Å². The van der Waals surface area contributed by atoms with Gasteiger partial charge in [0, 0.05) is 0 Å². The van der Waals surface area contributed by atoms with E-state index in [0.29, 0.717) is 0 Å². The lowest BCUT2D eigenvalue weighted by Crippen LogP contribution is -2.33. The maximum Gasteiger partial charge on any atom is 0.294 e. The number of hydrogen-bond donors (Lipinski definition) is 3. The van der Waals surface area contributed by atoms with Gasteiger partial charge in [-0.25, -0.2) is 0 Å². The number of aliphatic hydroxyl groups is 3. The highest BCUT2D eigenvalue weighted by atomic mass is 79.9. The normalized spacial score (nSPS) is 16.8. The number of aliphatic hydroxyl groups excluding tert-OH is 3. The summed E-state index contributed by atoms with van der Waals surface area (Å²) in [6.07, 6.45) is -2.49. The molecule has 0 saturated carbocycles. The summed E-state index contributed by atoms with van der Waals surface area (Å²) in [6, 6.07) is 0. The molecule has 0 aromatic carbocycles. The highest BCUT2D eigenvalue weighted by Gasteiger charge is 2.19. The summed E-state index contributed by atoms with van der Waals surface area (Å²) in [5.41, 5.74) is 0. The lowest BCUT2D eigenvalue weighted by molar-refractivity contribution is -0.769. The predicted octanol–water partition coefficient (Wildman–Crippen LogP) is -1.35. The van der Waals surface area contributed by atoms with Crippen LogP contribution < -0.4 is 0 Å². The maximum absolute atomic E-state index is 9.91. The number of alkyl halides is 1. The van der Waals surface area contributed by atoms with Crippen molar-refractivity contribution in [3.63, 3.8) is 0 Å². The molecule has 0 fully saturated rings. The molecular formula is C6H12BrNO7. The Bertz CT molecular complexity index is 192. The number of hydrogen-bond acceptors (Lipinski definition) is 7. The third-order valence-electron chi connectivity index (χ3n) is 1.38. The van der Waals surface area contributed by atoms with Gasteiger partial charge in [-0.05, 0) is 0 Å². The maximum atomic E-state index is 9.91. The Labute approximate surface area is 93.6 Å². The van der Waals surface area contributed by atoms with Crippen LogP contribution in [0.5, 0.6) is 0 Å². The van der Waals surface area contributed by atoms with Gasteiger partial charge in [0.2, 0.25) is 0 Å². The van der Waals surface area contributed by atoms with E-state index >= 15 is 0 Å². The Balaban J connectivity index is 3.84. The molecule has 3 atom stereocenters. The number of nitrogens with zero attached hydrogens (tertiary/aromatic N) is 1. The van der Waals surface area contributed by atoms with Gasteiger partial charge < -0.3 is 24.9 Å². The summed E-state index contributed by atoms with van der Waals surface area (Å²) in [5.74, 6) is 0. The summed E-state index contributed by atoms with van der Waals surface area (Å²) in [7, 11) is 0. The van der Waals surface area contributed by atoms with E-state index in [2.05, 4.69) is 20.8 Å². The molecule has 15 heavy (non-hydrogen) atoms. The van der Waals surface area contributed by atoms with Crippen molar-refractivity contribution in [1.82, 2.24) is 0 Å². The first-order valence-electron chi connectivity index (χ1n) is 3.97. The molecule has 0 amide bonds. The van der Waals surface area contributed by atoms with E-state index in [1.165, 1.54) is 0 Å². The second kappa shape index (κ2) is 7.77. The van der Waals surface area contributed by atoms with Crippen LogP contribution in [0.15, 0.2) is 0 Å². The van der Waals surface area contributed by atoms with Crippen molar-refractivity contribution in [2.45, 2.75) is 17.2 Å². The van der Waals surface area contributed by atoms with Crippen LogP contribution in [0.25, 0.3) is 0 Å². The van der Waals surface area contributed by atoms with Crippen molar-refractivity contribution in [3.05, 3.63) is 10.1 Å². The first-order valence-corrected chi connectivity index (χ1v) is 4.89. The van der Waals surface area contributed by atoms with Crippen molar-refractivity contribution >= 4 is 15.9 Å². The molecule has 3 unspecified atom stereocenters. The molecule has 8 nitrogen and oxygen atoms in total. The lowest BCUT2D eigenvalue weighted by atomic mass is 10.4. The van der Waals surface area contributed by atoms with Crippen LogP contribution >= 0.6 is 15.9 Å². The van der Waals surface area contributed by atoms with Gasteiger partial charge in [-0.1, -0.05) is 15.9 Å². The molecule has 0 heterocycles. The first-order chi connectivity index (χ1) is 7.01. The fourth-order valence-corrected chi connectivity index (χ4v) is 0.791. The SMILES string of the molecule is O=[N+]([O-])OC(CO)COC(O)C(Br)CO. The monoisotopic (exact) mass is 289 g/mol. The van der Waals surface area contributed by atoms with Gasteiger partial charge in [-0.15, -0.1) is 10.1 Å². The quantitative estimate of drug-likeness (QED) is 0.218. The second-order valence-electron chi connectivity index (χ2n) is 2.56. The molecule has 0 spiro atoms. The van der Waals surface area contributed by atoms with Crippen LogP contribution in [-0.2, 0) is 9.57 Å². The lowest BCUT2D eigenvalue weighted by Gasteiger charge is -2.18. The van der Waals surface area contributed by atoms with E-state index in [9.17, 15) is 10.1 Å². The zero-order valence-electron chi connectivity index (χ0n) is 7.65. The van der Waals surface area contributed by atoms with Crippen LogP contribution in [0.4, 0.5) is 0 Å².